The fourth-order valence-electron chi connectivity index (χ4n) is 0.619. The van der Waals surface area contributed by atoms with Gasteiger partial charge in [-0.05, 0) is 0 Å². The van der Waals surface area contributed by atoms with Gasteiger partial charge >= 0.3 is 0 Å². The van der Waals surface area contributed by atoms with Gasteiger partial charge in [0.15, 0.2) is 0 Å². The van der Waals surface area contributed by atoms with E-state index in [1.165, 1.54) is 10.9 Å². The number of rotatable bonds is 0. The second kappa shape index (κ2) is 2.20. The summed E-state index contributed by atoms with van der Waals surface area (Å²) in [6.07, 6.45) is 1.46. The molecule has 1 aromatic heterocycles. The van der Waals surface area contributed by atoms with E-state index in [0.29, 0.717) is 5.82 Å². The highest BCUT2D eigenvalue weighted by Crippen LogP contribution is 2.24. The van der Waals surface area contributed by atoms with E-state index in [0.717, 1.165) is 0 Å². The summed E-state index contributed by atoms with van der Waals surface area (Å²) in [5.41, 5.74) is 0. The van der Waals surface area contributed by atoms with Crippen molar-refractivity contribution in [1.29, 1.82) is 0 Å². The third-order valence-corrected chi connectivity index (χ3v) is 1.10. The zero-order valence-corrected chi connectivity index (χ0v) is 5.37. The van der Waals surface area contributed by atoms with Crippen molar-refractivity contribution in [1.82, 2.24) is 9.55 Å². The van der Waals surface area contributed by atoms with Gasteiger partial charge in [0.2, 0.25) is 0 Å². The lowest BCUT2D eigenvalue weighted by Crippen LogP contribution is -1.79. The average molecular weight is 132 g/mol. The van der Waals surface area contributed by atoms with Crippen LogP contribution in [0.1, 0.15) is 0 Å². The molecule has 0 aliphatic rings. The van der Waals surface area contributed by atoms with Crippen LogP contribution in [0.25, 0.3) is 9.69 Å². The van der Waals surface area contributed by atoms with E-state index in [1.54, 1.807) is 7.05 Å². The summed E-state index contributed by atoms with van der Waals surface area (Å²) in [5.74, 6) is 0.479. The van der Waals surface area contributed by atoms with Crippen LogP contribution in [0.5, 0.6) is 0 Å². The minimum Gasteiger partial charge on any atom is -0.373 e. The summed E-state index contributed by atoms with van der Waals surface area (Å²) in [6, 6.07) is 0. The van der Waals surface area contributed by atoms with Crippen LogP contribution in [0.3, 0.4) is 0 Å². The van der Waals surface area contributed by atoms with Gasteiger partial charge in [0.1, 0.15) is 0 Å². The Hall–Kier alpha value is -1.81. The van der Waals surface area contributed by atoms with Gasteiger partial charge in [0.05, 0.1) is 7.05 Å². The topological polar surface area (TPSA) is 26.5 Å². The van der Waals surface area contributed by atoms with Gasteiger partial charge in [-0.15, -0.1) is 0 Å². The van der Waals surface area contributed by atoms with Crippen LogP contribution in [-0.4, -0.2) is 9.55 Å². The molecular weight excluding hydrogens is 128 g/mol. The smallest absolute Gasteiger partial charge is 0.293 e. The first-order chi connectivity index (χ1) is 4.79. The van der Waals surface area contributed by atoms with Crippen molar-refractivity contribution in [2.45, 2.75) is 0 Å². The molecule has 0 atom stereocenters. The first-order valence-electron chi connectivity index (χ1n) is 2.56. The molecule has 0 spiro atoms. The number of nitrogens with zero attached hydrogens (tertiary/aromatic N) is 4. The van der Waals surface area contributed by atoms with Crippen LogP contribution in [0.15, 0.2) is 6.33 Å². The molecule has 0 bridgehead atoms. The molecule has 0 saturated carbocycles. The summed E-state index contributed by atoms with van der Waals surface area (Å²) < 4.78 is 1.53. The first kappa shape index (κ1) is 6.31. The monoisotopic (exact) mass is 132 g/mol. The Morgan fingerprint density at radius 1 is 1.50 bits per heavy atom. The normalized spacial score (nSPS) is 8.30. The molecule has 0 saturated heterocycles. The van der Waals surface area contributed by atoms with Crippen molar-refractivity contribution >= 4 is 11.6 Å². The van der Waals surface area contributed by atoms with Crippen LogP contribution in [0, 0.1) is 13.1 Å². The molecule has 0 aliphatic carbocycles. The van der Waals surface area contributed by atoms with Gasteiger partial charge in [-0.25, -0.2) is 0 Å². The van der Waals surface area contributed by atoms with E-state index in [4.69, 9.17) is 13.1 Å². The Bertz CT molecular complexity index is 322. The van der Waals surface area contributed by atoms with E-state index in [2.05, 4.69) is 14.7 Å². The second-order valence-electron chi connectivity index (χ2n) is 1.73. The number of imidazole rings is 1. The highest BCUT2D eigenvalue weighted by atomic mass is 15.1. The van der Waals surface area contributed by atoms with Crippen LogP contribution in [0.4, 0.5) is 11.6 Å². The maximum absolute atomic E-state index is 6.67. The van der Waals surface area contributed by atoms with Crippen LogP contribution < -0.4 is 0 Å². The SMILES string of the molecule is [C-]#[N+]c1ncn(C)c1[N+]#[C-]. The van der Waals surface area contributed by atoms with Crippen LogP contribution in [-0.2, 0) is 7.05 Å². The molecule has 0 radical (unpaired) electrons. The molecule has 0 aliphatic heterocycles. The van der Waals surface area contributed by atoms with Gasteiger partial charge in [-0.2, -0.15) is 0 Å². The van der Waals surface area contributed by atoms with E-state index >= 15 is 0 Å². The predicted octanol–water partition coefficient (Wildman–Crippen LogP) is 1.52. The molecule has 0 amide bonds. The average Bonchev–Trinajstić information content (AvgIpc) is 2.30. The number of aromatic nitrogens is 2. The van der Waals surface area contributed by atoms with Crippen molar-refractivity contribution in [3.8, 4) is 0 Å². The largest absolute Gasteiger partial charge is 0.373 e. The maximum Gasteiger partial charge on any atom is 0.293 e. The molecule has 1 rings (SSSR count). The van der Waals surface area contributed by atoms with Crippen LogP contribution >= 0.6 is 0 Å². The van der Waals surface area contributed by atoms with Crippen molar-refractivity contribution in [2.24, 2.45) is 7.05 Å². The second-order valence-corrected chi connectivity index (χ2v) is 1.73. The van der Waals surface area contributed by atoms with E-state index < -0.39 is 0 Å². The van der Waals surface area contributed by atoms with E-state index in [-0.39, 0.29) is 5.82 Å². The summed E-state index contributed by atoms with van der Waals surface area (Å²) in [6.45, 7) is 13.3. The standard InChI is InChI=1S/C6H4N4/c1-7-5-6(8-2)10(3)4-9-5/h4H,3H3. The molecule has 0 N–H and O–H groups in total. The molecule has 0 unspecified atom stereocenters. The molecular formula is C6H4N4. The Morgan fingerprint density at radius 3 is 2.60 bits per heavy atom. The first-order valence-corrected chi connectivity index (χ1v) is 2.56. The number of hydrogen-bond donors (Lipinski definition) is 0. The molecule has 1 heterocycles. The van der Waals surface area contributed by atoms with Gasteiger partial charge in [0, 0.05) is 0 Å². The molecule has 48 valence electrons. The quantitative estimate of drug-likeness (QED) is 0.491. The van der Waals surface area contributed by atoms with Gasteiger partial charge in [0.25, 0.3) is 18.0 Å². The number of aryl methyl sites for hydroxylation is 1. The summed E-state index contributed by atoms with van der Waals surface area (Å²) in [4.78, 5) is 9.90. The summed E-state index contributed by atoms with van der Waals surface area (Å²) in [7, 11) is 1.69. The maximum atomic E-state index is 6.67. The highest BCUT2D eigenvalue weighted by Gasteiger charge is 2.07. The Morgan fingerprint density at radius 2 is 2.20 bits per heavy atom. The lowest BCUT2D eigenvalue weighted by atomic mass is 10.6. The van der Waals surface area contributed by atoms with Crippen molar-refractivity contribution in [3.05, 3.63) is 29.2 Å². The molecule has 10 heavy (non-hydrogen) atoms. The predicted molar refractivity (Wildman–Crippen MR) is 35.7 cm³/mol. The van der Waals surface area contributed by atoms with E-state index in [1.807, 2.05) is 0 Å². The molecule has 4 nitrogen and oxygen atoms in total. The van der Waals surface area contributed by atoms with Gasteiger partial charge in [-0.1, -0.05) is 18.1 Å². The molecule has 0 fully saturated rings. The Labute approximate surface area is 58.4 Å². The van der Waals surface area contributed by atoms with Gasteiger partial charge < -0.3 is 9.69 Å². The van der Waals surface area contributed by atoms with Crippen molar-refractivity contribution in [3.63, 3.8) is 0 Å². The zero-order valence-electron chi connectivity index (χ0n) is 5.37. The van der Waals surface area contributed by atoms with E-state index in [9.17, 15) is 0 Å². The van der Waals surface area contributed by atoms with Crippen molar-refractivity contribution in [2.75, 3.05) is 0 Å². The Balaban J connectivity index is 3.34. The van der Waals surface area contributed by atoms with Crippen molar-refractivity contribution < 1.29 is 0 Å². The fraction of sp³-hybridized carbons (Fsp3) is 0.167. The molecule has 1 aromatic rings. The summed E-state index contributed by atoms with van der Waals surface area (Å²) in [5, 5.41) is 0. The fourth-order valence-corrected chi connectivity index (χ4v) is 0.619. The third kappa shape index (κ3) is 0.723. The lowest BCUT2D eigenvalue weighted by molar-refractivity contribution is 0.930. The Kier molecular flexibility index (Phi) is 1.39. The highest BCUT2D eigenvalue weighted by molar-refractivity contribution is 5.61. The zero-order chi connectivity index (χ0) is 7.56. The third-order valence-electron chi connectivity index (χ3n) is 1.10. The molecule has 4 heteroatoms. The minimum atomic E-state index is 0.178. The number of hydrogen-bond acceptors (Lipinski definition) is 1. The lowest BCUT2D eigenvalue weighted by Gasteiger charge is -1.87. The van der Waals surface area contributed by atoms with Gasteiger partial charge in [-0.3, -0.25) is 4.57 Å². The molecule has 0 aromatic carbocycles. The minimum absolute atomic E-state index is 0.178. The van der Waals surface area contributed by atoms with Crippen LogP contribution in [0.2, 0.25) is 0 Å². The summed E-state index contributed by atoms with van der Waals surface area (Å²) >= 11 is 0.